The molecule has 5 heteroatoms. The number of unbranched alkanes of at least 4 members (excludes halogenated alkanes) is 9. The molecule has 1 aliphatic rings. The molecule has 0 fully saturated rings. The number of allylic oxidation sites excluding steroid dienone is 4. The molecule has 176 valence electrons. The first-order valence-electron chi connectivity index (χ1n) is 12.2. The van der Waals surface area contributed by atoms with Gasteiger partial charge >= 0.3 is 0 Å². The summed E-state index contributed by atoms with van der Waals surface area (Å²) in [4.78, 5) is 26.9. The summed E-state index contributed by atoms with van der Waals surface area (Å²) in [5, 5.41) is 9.48. The minimum Gasteiger partial charge on any atom is -0.465 e. The number of amides is 2. The van der Waals surface area contributed by atoms with Gasteiger partial charge in [-0.05, 0) is 43.2 Å². The van der Waals surface area contributed by atoms with Crippen LogP contribution < -0.4 is 0 Å². The molecule has 5 nitrogen and oxygen atoms in total. The third-order valence-electron chi connectivity index (χ3n) is 5.85. The molecule has 0 saturated heterocycles. The van der Waals surface area contributed by atoms with Gasteiger partial charge in [-0.3, -0.25) is 14.5 Å². The minimum absolute atomic E-state index is 0.0486. The molecule has 0 unspecified atom stereocenters. The standard InChI is InChI=1S/C28H36N2O3/c1-3-4-5-6-7-8-9-10-11-15-20-30-27(31)25(23(2)26(22-29)28(30)32)19-14-12-13-17-24-18-16-21-33-24/h12-14,16-19,21H,3-11,15,20H2,1-2H3/b14-12+,17-13+,25-19+. The zero-order valence-corrected chi connectivity index (χ0v) is 20.0. The summed E-state index contributed by atoms with van der Waals surface area (Å²) in [5.74, 6) is -0.0704. The van der Waals surface area contributed by atoms with E-state index >= 15 is 0 Å². The van der Waals surface area contributed by atoms with Crippen molar-refractivity contribution >= 4 is 17.9 Å². The van der Waals surface area contributed by atoms with E-state index in [0.717, 1.165) is 25.0 Å². The van der Waals surface area contributed by atoms with Crippen LogP contribution in [0.5, 0.6) is 0 Å². The van der Waals surface area contributed by atoms with E-state index in [9.17, 15) is 14.9 Å². The van der Waals surface area contributed by atoms with Crippen LogP contribution in [-0.4, -0.2) is 23.3 Å². The van der Waals surface area contributed by atoms with E-state index in [4.69, 9.17) is 4.42 Å². The number of imide groups is 1. The first kappa shape index (κ1) is 26.1. The fourth-order valence-corrected chi connectivity index (χ4v) is 3.87. The monoisotopic (exact) mass is 448 g/mol. The summed E-state index contributed by atoms with van der Waals surface area (Å²) < 4.78 is 5.23. The molecular weight excluding hydrogens is 412 g/mol. The molecule has 0 radical (unpaired) electrons. The van der Waals surface area contributed by atoms with Crippen LogP contribution in [0.1, 0.15) is 83.8 Å². The third-order valence-corrected chi connectivity index (χ3v) is 5.85. The Morgan fingerprint density at radius 3 is 2.21 bits per heavy atom. The van der Waals surface area contributed by atoms with Gasteiger partial charge in [0.2, 0.25) is 0 Å². The van der Waals surface area contributed by atoms with Crippen molar-refractivity contribution in [2.45, 2.75) is 78.1 Å². The molecule has 0 N–H and O–H groups in total. The molecule has 0 saturated carbocycles. The number of hydrogen-bond donors (Lipinski definition) is 0. The maximum atomic E-state index is 13.0. The Hall–Kier alpha value is -3.13. The van der Waals surface area contributed by atoms with Crippen molar-refractivity contribution in [1.29, 1.82) is 5.26 Å². The summed E-state index contributed by atoms with van der Waals surface area (Å²) in [5.41, 5.74) is 0.875. The predicted octanol–water partition coefficient (Wildman–Crippen LogP) is 6.91. The van der Waals surface area contributed by atoms with Gasteiger partial charge in [0.25, 0.3) is 11.8 Å². The van der Waals surface area contributed by atoms with Crippen LogP contribution >= 0.6 is 0 Å². The van der Waals surface area contributed by atoms with Crippen LogP contribution in [0.3, 0.4) is 0 Å². The number of carbonyl (C=O) groups is 2. The Balaban J connectivity index is 1.88. The van der Waals surface area contributed by atoms with Gasteiger partial charge in [-0.2, -0.15) is 5.26 Å². The van der Waals surface area contributed by atoms with Crippen LogP contribution in [0.2, 0.25) is 0 Å². The third kappa shape index (κ3) is 8.38. The lowest BCUT2D eigenvalue weighted by atomic mass is 9.94. The van der Waals surface area contributed by atoms with Crippen molar-refractivity contribution in [3.8, 4) is 6.07 Å². The second kappa shape index (κ2) is 14.8. The fourth-order valence-electron chi connectivity index (χ4n) is 3.87. The van der Waals surface area contributed by atoms with Crippen molar-refractivity contribution in [3.63, 3.8) is 0 Å². The lowest BCUT2D eigenvalue weighted by Crippen LogP contribution is -2.43. The fraction of sp³-hybridized carbons (Fsp3) is 0.464. The molecule has 0 spiro atoms. The van der Waals surface area contributed by atoms with E-state index in [1.54, 1.807) is 37.5 Å². The highest BCUT2D eigenvalue weighted by Gasteiger charge is 2.34. The molecule has 0 atom stereocenters. The molecule has 0 aliphatic carbocycles. The average Bonchev–Trinajstić information content (AvgIpc) is 3.32. The highest BCUT2D eigenvalue weighted by Crippen LogP contribution is 2.25. The maximum absolute atomic E-state index is 13.0. The van der Waals surface area contributed by atoms with Crippen molar-refractivity contribution in [2.75, 3.05) is 6.54 Å². The van der Waals surface area contributed by atoms with Gasteiger partial charge in [0.1, 0.15) is 17.4 Å². The summed E-state index contributed by atoms with van der Waals surface area (Å²) in [6, 6.07) is 5.64. The SMILES string of the molecule is CCCCCCCCCCCCN1C(=O)C(C#N)=C(C)\C(=C/C=C/C=C/c2ccco2)C1=O. The van der Waals surface area contributed by atoms with Crippen LogP contribution in [0.15, 0.2) is 63.8 Å². The first-order chi connectivity index (χ1) is 16.1. The van der Waals surface area contributed by atoms with E-state index in [-0.39, 0.29) is 11.5 Å². The molecule has 2 heterocycles. The van der Waals surface area contributed by atoms with Gasteiger partial charge < -0.3 is 4.42 Å². The van der Waals surface area contributed by atoms with E-state index in [1.807, 2.05) is 24.3 Å². The van der Waals surface area contributed by atoms with Gasteiger partial charge in [0.05, 0.1) is 6.26 Å². The normalized spacial score (nSPS) is 16.0. The second-order valence-electron chi connectivity index (χ2n) is 8.40. The molecule has 2 amide bonds. The molecule has 1 aliphatic heterocycles. The summed E-state index contributed by atoms with van der Waals surface area (Å²) in [6.45, 7) is 4.24. The second-order valence-corrected chi connectivity index (χ2v) is 8.40. The largest absolute Gasteiger partial charge is 0.465 e. The zero-order valence-electron chi connectivity index (χ0n) is 20.0. The van der Waals surface area contributed by atoms with Crippen LogP contribution in [0.25, 0.3) is 6.08 Å². The number of hydrogen-bond acceptors (Lipinski definition) is 4. The number of furan rings is 1. The number of rotatable bonds is 14. The number of carbonyl (C=O) groups excluding carboxylic acids is 2. The molecule has 1 aromatic heterocycles. The molecule has 2 rings (SSSR count). The summed E-state index contributed by atoms with van der Waals surface area (Å²) in [6.07, 6.45) is 22.2. The predicted molar refractivity (Wildman–Crippen MR) is 132 cm³/mol. The van der Waals surface area contributed by atoms with Crippen LogP contribution in [-0.2, 0) is 9.59 Å². The molecule has 0 bridgehead atoms. The van der Waals surface area contributed by atoms with Crippen molar-refractivity contribution in [2.24, 2.45) is 0 Å². The Morgan fingerprint density at radius 1 is 0.939 bits per heavy atom. The highest BCUT2D eigenvalue weighted by molar-refractivity contribution is 6.18. The van der Waals surface area contributed by atoms with Gasteiger partial charge in [0.15, 0.2) is 0 Å². The lowest BCUT2D eigenvalue weighted by Gasteiger charge is -2.27. The lowest BCUT2D eigenvalue weighted by molar-refractivity contribution is -0.140. The minimum atomic E-state index is -0.477. The van der Waals surface area contributed by atoms with Crippen LogP contribution in [0.4, 0.5) is 0 Å². The van der Waals surface area contributed by atoms with Gasteiger partial charge in [-0.15, -0.1) is 0 Å². The molecule has 0 aromatic carbocycles. The Labute approximate surface area is 198 Å². The van der Waals surface area contributed by atoms with Gasteiger partial charge in [-0.25, -0.2) is 0 Å². The van der Waals surface area contributed by atoms with E-state index in [2.05, 4.69) is 6.92 Å². The molecule has 33 heavy (non-hydrogen) atoms. The van der Waals surface area contributed by atoms with E-state index in [1.165, 1.54) is 49.8 Å². The van der Waals surface area contributed by atoms with Gasteiger partial charge in [0, 0.05) is 12.1 Å². The maximum Gasteiger partial charge on any atom is 0.271 e. The summed E-state index contributed by atoms with van der Waals surface area (Å²) in [7, 11) is 0. The Kier molecular flexibility index (Phi) is 11.7. The Morgan fingerprint density at radius 2 is 1.61 bits per heavy atom. The van der Waals surface area contributed by atoms with Crippen molar-refractivity contribution in [1.82, 2.24) is 4.90 Å². The Bertz CT molecular complexity index is 927. The van der Waals surface area contributed by atoms with Crippen LogP contribution in [0, 0.1) is 11.3 Å². The van der Waals surface area contributed by atoms with Crippen molar-refractivity contribution < 1.29 is 14.0 Å². The number of nitrogens with zero attached hydrogens (tertiary/aromatic N) is 2. The molecular formula is C28H36N2O3. The zero-order chi connectivity index (χ0) is 23.9. The van der Waals surface area contributed by atoms with E-state index in [0.29, 0.717) is 17.7 Å². The highest BCUT2D eigenvalue weighted by atomic mass is 16.3. The number of nitriles is 1. The average molecular weight is 449 g/mol. The molecule has 1 aromatic rings. The first-order valence-corrected chi connectivity index (χ1v) is 12.2. The quantitative estimate of drug-likeness (QED) is 0.134. The topological polar surface area (TPSA) is 74.3 Å². The summed E-state index contributed by atoms with van der Waals surface area (Å²) >= 11 is 0. The van der Waals surface area contributed by atoms with Crippen molar-refractivity contribution in [3.05, 3.63) is 65.2 Å². The smallest absolute Gasteiger partial charge is 0.271 e. The van der Waals surface area contributed by atoms with Gasteiger partial charge in [-0.1, -0.05) is 82.9 Å². The van der Waals surface area contributed by atoms with E-state index < -0.39 is 5.91 Å².